The van der Waals surface area contributed by atoms with Crippen LogP contribution in [0.1, 0.15) is 62.3 Å². The van der Waals surface area contributed by atoms with Crippen LogP contribution in [-0.4, -0.2) is 62.3 Å². The van der Waals surface area contributed by atoms with Gasteiger partial charge in [0.15, 0.2) is 5.49 Å². The Morgan fingerprint density at radius 2 is 1.48 bits per heavy atom. The molecule has 0 radical (unpaired) electrons. The molecule has 1 amide bonds. The number of halogens is 1. The molecule has 0 aliphatic rings. The number of aromatic nitrogens is 1. The fourth-order valence-electron chi connectivity index (χ4n) is 3.73. The molecule has 0 bridgehead atoms. The van der Waals surface area contributed by atoms with Crippen molar-refractivity contribution in [2.24, 2.45) is 4.99 Å². The molecule has 0 saturated carbocycles. The maximum Gasteiger partial charge on any atom is 0.332 e. The lowest BCUT2D eigenvalue weighted by atomic mass is 10.2. The van der Waals surface area contributed by atoms with E-state index in [0.29, 0.717) is 9.92 Å². The van der Waals surface area contributed by atoms with Gasteiger partial charge >= 0.3 is 5.97 Å². The molecule has 0 fully saturated rings. The van der Waals surface area contributed by atoms with E-state index in [1.54, 1.807) is 26.8 Å². The van der Waals surface area contributed by atoms with Crippen LogP contribution in [0.4, 0.5) is 4.11 Å². The van der Waals surface area contributed by atoms with Gasteiger partial charge in [0.1, 0.15) is 18.8 Å². The Morgan fingerprint density at radius 1 is 0.970 bits per heavy atom. The van der Waals surface area contributed by atoms with Gasteiger partial charge in [0.25, 0.3) is 14.3 Å². The second-order valence-corrected chi connectivity index (χ2v) is 15.9. The van der Waals surface area contributed by atoms with Crippen LogP contribution >= 0.6 is 0 Å². The van der Waals surface area contributed by atoms with Crippen molar-refractivity contribution in [2.75, 3.05) is 26.4 Å². The van der Waals surface area contributed by atoms with E-state index >= 15 is 4.11 Å². The Labute approximate surface area is 196 Å². The molecule has 1 N–H and O–H groups in total. The summed E-state index contributed by atoms with van der Waals surface area (Å²) in [6.07, 6.45) is 1.31. The van der Waals surface area contributed by atoms with Crippen LogP contribution in [0.15, 0.2) is 23.3 Å². The first-order valence-corrected chi connectivity index (χ1v) is 12.8. The van der Waals surface area contributed by atoms with E-state index in [2.05, 4.69) is 4.99 Å². The van der Waals surface area contributed by atoms with Crippen molar-refractivity contribution in [3.05, 3.63) is 23.8 Å². The lowest BCUT2D eigenvalue weighted by Gasteiger charge is -2.44. The molecule has 0 spiro atoms. The molecule has 0 unspecified atom stereocenters. The molecule has 1 aromatic heterocycles. The average molecular weight is 487 g/mol. The summed E-state index contributed by atoms with van der Waals surface area (Å²) in [6, 6.07) is 3.02. The van der Waals surface area contributed by atoms with Crippen LogP contribution in [0.3, 0.4) is 0 Å². The highest BCUT2D eigenvalue weighted by atomic mass is 28.4. The van der Waals surface area contributed by atoms with Crippen molar-refractivity contribution in [1.29, 1.82) is 0 Å². The Hall–Kier alpha value is -2.04. The molecule has 1 aromatic rings. The van der Waals surface area contributed by atoms with E-state index in [1.807, 2.05) is 41.5 Å². The summed E-state index contributed by atoms with van der Waals surface area (Å²) in [5.74, 6) is -1.10. The van der Waals surface area contributed by atoms with E-state index < -0.39 is 36.0 Å². The molecule has 1 heterocycles. The predicted molar refractivity (Wildman–Crippen MR) is 126 cm³/mol. The van der Waals surface area contributed by atoms with Crippen LogP contribution in [0.25, 0.3) is 0 Å². The number of esters is 1. The van der Waals surface area contributed by atoms with E-state index in [9.17, 15) is 14.8 Å². The molecule has 0 atom stereocenters. The SMILES string of the molecule is CC(C)(C)OC(=O)COCCOCC(=O)N=c1ccc([Si](F)(C(C)(C)C)C(C)(C)C)cn1O. The first-order chi connectivity index (χ1) is 14.9. The second-order valence-electron chi connectivity index (χ2n) is 11.0. The van der Waals surface area contributed by atoms with Crippen molar-refractivity contribution < 1.29 is 33.1 Å². The summed E-state index contributed by atoms with van der Waals surface area (Å²) in [6.45, 7) is 16.1. The molecular weight excluding hydrogens is 447 g/mol. The van der Waals surface area contributed by atoms with Crippen LogP contribution < -0.4 is 10.7 Å². The molecule has 188 valence electrons. The largest absolute Gasteiger partial charge is 0.458 e. The molecule has 0 saturated heterocycles. The van der Waals surface area contributed by atoms with Gasteiger partial charge in [-0.1, -0.05) is 47.6 Å². The fourth-order valence-corrected chi connectivity index (χ4v) is 8.32. The first-order valence-electron chi connectivity index (χ1n) is 10.9. The van der Waals surface area contributed by atoms with E-state index in [4.69, 9.17) is 14.2 Å². The highest BCUT2D eigenvalue weighted by Crippen LogP contribution is 2.51. The molecule has 8 nitrogen and oxygen atoms in total. The zero-order valence-electron chi connectivity index (χ0n) is 21.3. The molecule has 33 heavy (non-hydrogen) atoms. The van der Waals surface area contributed by atoms with Gasteiger partial charge in [-0.2, -0.15) is 9.72 Å². The summed E-state index contributed by atoms with van der Waals surface area (Å²) in [5.41, 5.74) is -0.604. The lowest BCUT2D eigenvalue weighted by Crippen LogP contribution is -2.58. The molecule has 1 rings (SSSR count). The maximum absolute atomic E-state index is 16.4. The van der Waals surface area contributed by atoms with Crippen molar-refractivity contribution >= 4 is 25.5 Å². The number of rotatable bonds is 8. The average Bonchev–Trinajstić information content (AvgIpc) is 2.62. The van der Waals surface area contributed by atoms with Crippen molar-refractivity contribution in [3.8, 4) is 0 Å². The van der Waals surface area contributed by atoms with Crippen LogP contribution in [0, 0.1) is 0 Å². The number of ether oxygens (including phenoxy) is 3. The molecule has 0 aliphatic carbocycles. The smallest absolute Gasteiger partial charge is 0.332 e. The molecule has 0 aromatic carbocycles. The number of nitrogens with zero attached hydrogens (tertiary/aromatic N) is 2. The van der Waals surface area contributed by atoms with Gasteiger partial charge in [-0.15, -0.1) is 0 Å². The Morgan fingerprint density at radius 3 is 1.94 bits per heavy atom. The topological polar surface area (TPSA) is 99.4 Å². The summed E-state index contributed by atoms with van der Waals surface area (Å²) >= 11 is 0. The fraction of sp³-hybridized carbons (Fsp3) is 0.696. The summed E-state index contributed by atoms with van der Waals surface area (Å²) in [5, 5.41) is 9.55. The van der Waals surface area contributed by atoms with E-state index in [1.165, 1.54) is 12.3 Å². The predicted octanol–water partition coefficient (Wildman–Crippen LogP) is 3.25. The maximum atomic E-state index is 16.4. The van der Waals surface area contributed by atoms with Crippen molar-refractivity contribution in [1.82, 2.24) is 4.73 Å². The zero-order valence-corrected chi connectivity index (χ0v) is 22.3. The quantitative estimate of drug-likeness (QED) is 0.199. The van der Waals surface area contributed by atoms with E-state index in [0.717, 1.165) is 0 Å². The number of carbonyl (C=O) groups is 2. The Kier molecular flexibility index (Phi) is 9.59. The standard InChI is InChI=1S/C23H39FN2O6Si/c1-21(2,3)32-20(28)16-31-13-12-30-15-19(27)25-18-11-10-17(14-26(18)29)33(24,22(4,5)6)23(7,8)9/h10-11,14,29H,12-13,15-16H2,1-9H3. The third kappa shape index (κ3) is 8.35. The number of carbonyl (C=O) groups excluding carboxylic acids is 2. The summed E-state index contributed by atoms with van der Waals surface area (Å²) in [4.78, 5) is 27.4. The minimum atomic E-state index is -3.56. The van der Waals surface area contributed by atoms with Gasteiger partial charge in [0, 0.05) is 6.20 Å². The van der Waals surface area contributed by atoms with Gasteiger partial charge in [-0.25, -0.2) is 4.79 Å². The number of pyridine rings is 1. The molecule has 0 aliphatic heterocycles. The molecular formula is C23H39FN2O6Si. The van der Waals surface area contributed by atoms with Gasteiger partial charge < -0.3 is 23.5 Å². The lowest BCUT2D eigenvalue weighted by molar-refractivity contribution is -0.160. The van der Waals surface area contributed by atoms with Gasteiger partial charge in [0.05, 0.1) is 13.2 Å². The third-order valence-electron chi connectivity index (χ3n) is 4.85. The number of amides is 1. The minimum Gasteiger partial charge on any atom is -0.458 e. The van der Waals surface area contributed by atoms with Crippen LogP contribution in [0.2, 0.25) is 10.1 Å². The van der Waals surface area contributed by atoms with Gasteiger partial charge in [-0.3, -0.25) is 4.79 Å². The van der Waals surface area contributed by atoms with Crippen LogP contribution in [0.5, 0.6) is 0 Å². The van der Waals surface area contributed by atoms with Crippen LogP contribution in [-0.2, 0) is 23.8 Å². The third-order valence-corrected chi connectivity index (χ3v) is 10.1. The van der Waals surface area contributed by atoms with Crippen molar-refractivity contribution in [3.63, 3.8) is 0 Å². The Bertz CT molecular complexity index is 880. The highest BCUT2D eigenvalue weighted by molar-refractivity contribution is 6.90. The van der Waals surface area contributed by atoms with Gasteiger partial charge in [0.2, 0.25) is 0 Å². The zero-order chi connectivity index (χ0) is 25.7. The monoisotopic (exact) mass is 486 g/mol. The summed E-state index contributed by atoms with van der Waals surface area (Å²) in [7, 11) is -3.56. The van der Waals surface area contributed by atoms with Crippen molar-refractivity contribution in [2.45, 2.75) is 78.0 Å². The number of hydrogen-bond donors (Lipinski definition) is 1. The highest BCUT2D eigenvalue weighted by Gasteiger charge is 2.56. The minimum absolute atomic E-state index is 0.0207. The van der Waals surface area contributed by atoms with Gasteiger partial charge in [-0.05, 0) is 42.1 Å². The first kappa shape index (κ1) is 29.0. The summed E-state index contributed by atoms with van der Waals surface area (Å²) < 4.78 is 32.5. The van der Waals surface area contributed by atoms with E-state index in [-0.39, 0.29) is 31.9 Å². The number of hydrogen-bond acceptors (Lipinski definition) is 6. The second kappa shape index (κ2) is 10.9. The normalized spacial score (nSPS) is 13.8. The molecule has 10 heteroatoms. The Balaban J connectivity index is 2.71.